The molecule has 0 aromatic rings. The molecule has 0 saturated heterocycles. The number of amides is 1. The van der Waals surface area contributed by atoms with Gasteiger partial charge in [-0.3, -0.25) is 4.79 Å². The van der Waals surface area contributed by atoms with Crippen LogP contribution in [0.2, 0.25) is 0 Å². The van der Waals surface area contributed by atoms with Gasteiger partial charge in [0.15, 0.2) is 0 Å². The second-order valence-electron chi connectivity index (χ2n) is 4.12. The Morgan fingerprint density at radius 2 is 2.15 bits per heavy atom. The van der Waals surface area contributed by atoms with Crippen molar-refractivity contribution in [3.05, 3.63) is 12.2 Å². The molecule has 1 aliphatic carbocycles. The van der Waals surface area contributed by atoms with E-state index in [9.17, 15) is 4.79 Å². The Hall–Kier alpha value is -0.790. The smallest absolute Gasteiger partial charge is 0.246 e. The van der Waals surface area contributed by atoms with Gasteiger partial charge in [-0.15, -0.1) is 0 Å². The van der Waals surface area contributed by atoms with E-state index in [2.05, 4.69) is 13.8 Å². The Labute approximate surface area is 80.6 Å². The van der Waals surface area contributed by atoms with Gasteiger partial charge in [-0.1, -0.05) is 19.9 Å². The fraction of sp³-hybridized carbons (Fsp3) is 0.727. The van der Waals surface area contributed by atoms with Gasteiger partial charge in [-0.2, -0.15) is 0 Å². The summed E-state index contributed by atoms with van der Waals surface area (Å²) >= 11 is 0. The molecule has 0 unspecified atom stereocenters. The first-order chi connectivity index (χ1) is 6.15. The highest BCUT2D eigenvalue weighted by atomic mass is 16.2. The number of hydrogen-bond acceptors (Lipinski definition) is 1. The number of allylic oxidation sites excluding steroid dienone is 1. The highest BCUT2D eigenvalue weighted by Crippen LogP contribution is 2.27. The summed E-state index contributed by atoms with van der Waals surface area (Å²) in [6.07, 6.45) is 5.87. The normalized spacial score (nSPS) is 16.9. The van der Waals surface area contributed by atoms with Crippen molar-refractivity contribution in [3.63, 3.8) is 0 Å². The topological polar surface area (TPSA) is 20.3 Å². The van der Waals surface area contributed by atoms with Crippen LogP contribution in [-0.4, -0.2) is 23.4 Å². The maximum Gasteiger partial charge on any atom is 0.246 e. The molecule has 1 aliphatic rings. The van der Waals surface area contributed by atoms with E-state index in [-0.39, 0.29) is 5.91 Å². The van der Waals surface area contributed by atoms with Crippen LogP contribution in [0.15, 0.2) is 12.2 Å². The maximum atomic E-state index is 11.6. The minimum absolute atomic E-state index is 0.179. The minimum Gasteiger partial charge on any atom is -0.336 e. The summed E-state index contributed by atoms with van der Waals surface area (Å²) in [4.78, 5) is 13.6. The van der Waals surface area contributed by atoms with E-state index in [0.29, 0.717) is 12.0 Å². The fourth-order valence-corrected chi connectivity index (χ4v) is 1.44. The second kappa shape index (κ2) is 4.45. The lowest BCUT2D eigenvalue weighted by atomic mass is 10.2. The van der Waals surface area contributed by atoms with Crippen molar-refractivity contribution in [2.24, 2.45) is 5.92 Å². The lowest BCUT2D eigenvalue weighted by Gasteiger charge is -2.22. The Morgan fingerprint density at radius 3 is 2.54 bits per heavy atom. The molecular formula is C11H19NO. The third-order valence-electron chi connectivity index (χ3n) is 2.14. The van der Waals surface area contributed by atoms with Gasteiger partial charge in [0.25, 0.3) is 0 Å². The fourth-order valence-electron chi connectivity index (χ4n) is 1.44. The van der Waals surface area contributed by atoms with Crippen LogP contribution in [0, 0.1) is 5.92 Å². The number of hydrogen-bond donors (Lipinski definition) is 0. The van der Waals surface area contributed by atoms with Crippen molar-refractivity contribution < 1.29 is 4.79 Å². The van der Waals surface area contributed by atoms with E-state index in [0.717, 1.165) is 6.54 Å². The molecule has 0 aromatic carbocycles. The van der Waals surface area contributed by atoms with Crippen LogP contribution >= 0.6 is 0 Å². The molecular weight excluding hydrogens is 162 g/mol. The molecule has 0 heterocycles. The summed E-state index contributed by atoms with van der Waals surface area (Å²) in [5, 5.41) is 0. The number of nitrogens with zero attached hydrogens (tertiary/aromatic N) is 1. The standard InChI is InChI=1S/C11H19NO/c1-4-5-11(13)12(8-9(2)3)10-6-7-10/h4-5,9-10H,6-8H2,1-3H3. The summed E-state index contributed by atoms with van der Waals surface area (Å²) in [6.45, 7) is 7.09. The van der Waals surface area contributed by atoms with E-state index in [1.165, 1.54) is 12.8 Å². The predicted molar refractivity (Wildman–Crippen MR) is 54.4 cm³/mol. The highest BCUT2D eigenvalue weighted by molar-refractivity contribution is 5.88. The van der Waals surface area contributed by atoms with Crippen LogP contribution in [-0.2, 0) is 4.79 Å². The molecule has 1 saturated carbocycles. The SMILES string of the molecule is CC=CC(=O)N(CC(C)C)C1CC1. The van der Waals surface area contributed by atoms with Crippen LogP contribution in [0.4, 0.5) is 0 Å². The first-order valence-electron chi connectivity index (χ1n) is 5.08. The van der Waals surface area contributed by atoms with Crippen LogP contribution in [0.25, 0.3) is 0 Å². The molecule has 0 aliphatic heterocycles. The van der Waals surface area contributed by atoms with Gasteiger partial charge in [-0.05, 0) is 31.8 Å². The van der Waals surface area contributed by atoms with Crippen molar-refractivity contribution >= 4 is 5.91 Å². The third-order valence-corrected chi connectivity index (χ3v) is 2.14. The molecule has 1 fully saturated rings. The Bertz CT molecular complexity index is 204. The van der Waals surface area contributed by atoms with Gasteiger partial charge in [0, 0.05) is 12.6 Å². The van der Waals surface area contributed by atoms with Gasteiger partial charge in [0.05, 0.1) is 0 Å². The molecule has 0 radical (unpaired) electrons. The van der Waals surface area contributed by atoms with Crippen LogP contribution in [0.1, 0.15) is 33.6 Å². The molecule has 74 valence electrons. The van der Waals surface area contributed by atoms with Gasteiger partial charge in [0.1, 0.15) is 0 Å². The summed E-state index contributed by atoms with van der Waals surface area (Å²) in [7, 11) is 0. The summed E-state index contributed by atoms with van der Waals surface area (Å²) in [5.74, 6) is 0.744. The van der Waals surface area contributed by atoms with E-state index in [1.807, 2.05) is 17.9 Å². The zero-order valence-electron chi connectivity index (χ0n) is 8.79. The quantitative estimate of drug-likeness (QED) is 0.609. The van der Waals surface area contributed by atoms with Gasteiger partial charge in [-0.25, -0.2) is 0 Å². The first-order valence-corrected chi connectivity index (χ1v) is 5.08. The van der Waals surface area contributed by atoms with Crippen LogP contribution in [0.5, 0.6) is 0 Å². The molecule has 0 bridgehead atoms. The van der Waals surface area contributed by atoms with E-state index < -0.39 is 0 Å². The van der Waals surface area contributed by atoms with Crippen LogP contribution < -0.4 is 0 Å². The largest absolute Gasteiger partial charge is 0.336 e. The Kier molecular flexibility index (Phi) is 3.52. The summed E-state index contributed by atoms with van der Waals surface area (Å²) < 4.78 is 0. The Balaban J connectivity index is 2.50. The van der Waals surface area contributed by atoms with Crippen LogP contribution in [0.3, 0.4) is 0 Å². The van der Waals surface area contributed by atoms with E-state index in [1.54, 1.807) is 6.08 Å². The lowest BCUT2D eigenvalue weighted by Crippen LogP contribution is -2.34. The van der Waals surface area contributed by atoms with Gasteiger partial charge in [0.2, 0.25) is 5.91 Å². The number of carbonyl (C=O) groups excluding carboxylic acids is 1. The highest BCUT2D eigenvalue weighted by Gasteiger charge is 2.31. The average Bonchev–Trinajstić information content (AvgIpc) is 2.82. The second-order valence-corrected chi connectivity index (χ2v) is 4.12. The molecule has 13 heavy (non-hydrogen) atoms. The molecule has 0 atom stereocenters. The van der Waals surface area contributed by atoms with E-state index >= 15 is 0 Å². The summed E-state index contributed by atoms with van der Waals surface area (Å²) in [6, 6.07) is 0.533. The van der Waals surface area contributed by atoms with Crippen molar-refractivity contribution in [1.82, 2.24) is 4.90 Å². The number of carbonyl (C=O) groups is 1. The molecule has 2 nitrogen and oxygen atoms in total. The third kappa shape index (κ3) is 3.21. The predicted octanol–water partition coefficient (Wildman–Crippen LogP) is 2.21. The van der Waals surface area contributed by atoms with Gasteiger partial charge >= 0.3 is 0 Å². The zero-order chi connectivity index (χ0) is 9.84. The average molecular weight is 181 g/mol. The molecule has 0 aromatic heterocycles. The monoisotopic (exact) mass is 181 g/mol. The van der Waals surface area contributed by atoms with Crippen molar-refractivity contribution in [2.75, 3.05) is 6.54 Å². The number of rotatable bonds is 4. The Morgan fingerprint density at radius 1 is 1.54 bits per heavy atom. The van der Waals surface area contributed by atoms with Crippen molar-refractivity contribution in [2.45, 2.75) is 39.7 Å². The van der Waals surface area contributed by atoms with Crippen molar-refractivity contribution in [1.29, 1.82) is 0 Å². The van der Waals surface area contributed by atoms with Gasteiger partial charge < -0.3 is 4.90 Å². The zero-order valence-corrected chi connectivity index (χ0v) is 8.79. The minimum atomic E-state index is 0.179. The van der Waals surface area contributed by atoms with E-state index in [4.69, 9.17) is 0 Å². The molecule has 0 N–H and O–H groups in total. The molecule has 1 amide bonds. The molecule has 1 rings (SSSR count). The molecule has 0 spiro atoms. The maximum absolute atomic E-state index is 11.6. The first kappa shape index (κ1) is 10.3. The summed E-state index contributed by atoms with van der Waals surface area (Å²) in [5.41, 5.74) is 0. The van der Waals surface area contributed by atoms with Crippen molar-refractivity contribution in [3.8, 4) is 0 Å². The lowest BCUT2D eigenvalue weighted by molar-refractivity contribution is -0.127. The molecule has 2 heteroatoms.